The van der Waals surface area contributed by atoms with Crippen molar-refractivity contribution in [3.63, 3.8) is 0 Å². The molecule has 0 aliphatic rings. The van der Waals surface area contributed by atoms with E-state index in [2.05, 4.69) is 10.5 Å². The van der Waals surface area contributed by atoms with Crippen molar-refractivity contribution in [1.29, 1.82) is 4.78 Å². The fraction of sp³-hybridized carbons (Fsp3) is 0.400. The predicted octanol–water partition coefficient (Wildman–Crippen LogP) is 5.35. The molecular formula is C25H34N4O4S2. The summed E-state index contributed by atoms with van der Waals surface area (Å²) in [5.41, 5.74) is 3.72. The molecule has 0 spiro atoms. The molecule has 10 heteroatoms. The van der Waals surface area contributed by atoms with Crippen molar-refractivity contribution in [2.75, 3.05) is 22.4 Å². The van der Waals surface area contributed by atoms with Crippen molar-refractivity contribution in [3.8, 4) is 0 Å². The molecule has 35 heavy (non-hydrogen) atoms. The van der Waals surface area contributed by atoms with Gasteiger partial charge in [0.05, 0.1) is 36.6 Å². The topological polar surface area (TPSA) is 116 Å². The van der Waals surface area contributed by atoms with E-state index >= 15 is 0 Å². The van der Waals surface area contributed by atoms with E-state index in [1.807, 2.05) is 52.0 Å². The predicted molar refractivity (Wildman–Crippen MR) is 140 cm³/mol. The van der Waals surface area contributed by atoms with Crippen LogP contribution in [-0.4, -0.2) is 30.6 Å². The molecule has 0 saturated heterocycles. The minimum atomic E-state index is -3.97. The third-order valence-electron chi connectivity index (χ3n) is 5.76. The van der Waals surface area contributed by atoms with Crippen LogP contribution in [0.4, 0.5) is 11.4 Å². The van der Waals surface area contributed by atoms with Crippen molar-refractivity contribution in [2.45, 2.75) is 57.4 Å². The van der Waals surface area contributed by atoms with Crippen LogP contribution in [0.25, 0.3) is 0 Å². The van der Waals surface area contributed by atoms with Crippen LogP contribution in [0.2, 0.25) is 0 Å². The Hall–Kier alpha value is -2.85. The average molecular weight is 519 g/mol. The highest BCUT2D eigenvalue weighted by Gasteiger charge is 2.27. The number of nitrogens with one attached hydrogen (secondary N) is 2. The second kappa shape index (κ2) is 10.4. The Kier molecular flexibility index (Phi) is 7.96. The van der Waals surface area contributed by atoms with Gasteiger partial charge in [0.1, 0.15) is 5.76 Å². The quantitative estimate of drug-likeness (QED) is 0.374. The zero-order valence-corrected chi connectivity index (χ0v) is 22.7. The molecule has 1 atom stereocenters. The monoisotopic (exact) mass is 518 g/mol. The van der Waals surface area contributed by atoms with Crippen LogP contribution in [0.1, 0.15) is 43.4 Å². The lowest BCUT2D eigenvalue weighted by Crippen LogP contribution is -2.34. The van der Waals surface area contributed by atoms with Crippen molar-refractivity contribution < 1.29 is 17.1 Å². The lowest BCUT2D eigenvalue weighted by atomic mass is 10.1. The summed E-state index contributed by atoms with van der Waals surface area (Å²) in [7, 11) is -7.20. The summed E-state index contributed by atoms with van der Waals surface area (Å²) in [6.07, 6.45) is 2.15. The number of benzene rings is 2. The number of rotatable bonds is 10. The molecule has 1 heterocycles. The summed E-state index contributed by atoms with van der Waals surface area (Å²) in [5.74, 6) is 0.745. The zero-order valence-electron chi connectivity index (χ0n) is 21.1. The Morgan fingerprint density at radius 1 is 1.09 bits per heavy atom. The molecule has 2 N–H and O–H groups in total. The van der Waals surface area contributed by atoms with E-state index < -0.39 is 19.8 Å². The summed E-state index contributed by atoms with van der Waals surface area (Å²) in [6.45, 7) is 10.2. The molecule has 2 aromatic carbocycles. The van der Waals surface area contributed by atoms with Gasteiger partial charge in [-0.2, -0.15) is 0 Å². The van der Waals surface area contributed by atoms with Gasteiger partial charge in [0.15, 0.2) is 0 Å². The van der Waals surface area contributed by atoms with Crippen molar-refractivity contribution in [3.05, 3.63) is 65.0 Å². The Balaban J connectivity index is 2.04. The second-order valence-electron chi connectivity index (χ2n) is 9.11. The van der Waals surface area contributed by atoms with Crippen LogP contribution in [0.5, 0.6) is 0 Å². The highest BCUT2D eigenvalue weighted by atomic mass is 32.2. The number of aromatic nitrogens is 1. The van der Waals surface area contributed by atoms with Crippen LogP contribution >= 0.6 is 0 Å². The molecule has 1 unspecified atom stereocenters. The molecular weight excluding hydrogens is 484 g/mol. The van der Waals surface area contributed by atoms with Crippen LogP contribution in [0.15, 0.2) is 56.8 Å². The second-order valence-corrected chi connectivity index (χ2v) is 13.1. The van der Waals surface area contributed by atoms with Gasteiger partial charge in [0.25, 0.3) is 10.0 Å². The van der Waals surface area contributed by atoms with Gasteiger partial charge in [0, 0.05) is 24.9 Å². The number of sulfonamides is 1. The van der Waals surface area contributed by atoms with E-state index in [4.69, 9.17) is 9.30 Å². The number of anilines is 2. The Morgan fingerprint density at radius 2 is 1.74 bits per heavy atom. The van der Waals surface area contributed by atoms with Crippen LogP contribution in [0.3, 0.4) is 0 Å². The molecule has 0 aliphatic carbocycles. The Morgan fingerprint density at radius 3 is 2.26 bits per heavy atom. The molecule has 0 aliphatic heterocycles. The maximum atomic E-state index is 13.8. The van der Waals surface area contributed by atoms with E-state index in [0.717, 1.165) is 23.2 Å². The van der Waals surface area contributed by atoms with Gasteiger partial charge in [-0.3, -0.25) is 4.31 Å². The smallest absolute Gasteiger partial charge is 0.264 e. The highest BCUT2D eigenvalue weighted by Crippen LogP contribution is 2.31. The third kappa shape index (κ3) is 6.05. The van der Waals surface area contributed by atoms with Gasteiger partial charge in [0.2, 0.25) is 0 Å². The molecule has 190 valence electrons. The lowest BCUT2D eigenvalue weighted by molar-refractivity contribution is 0.392. The molecule has 3 rings (SSSR count). The first-order valence-corrected chi connectivity index (χ1v) is 14.9. The first-order chi connectivity index (χ1) is 16.3. The van der Waals surface area contributed by atoms with Gasteiger partial charge >= 0.3 is 0 Å². The van der Waals surface area contributed by atoms with Gasteiger partial charge in [-0.1, -0.05) is 38.1 Å². The SMILES string of the molecule is CCc1ccc(N(CC(C)C)S(=O)(=O)c2ccc(NCc3c(C)noc3C)c(S(C)(=N)=O)c2)cc1. The standard InChI is InChI=1S/C25H34N4O4S2/c1-7-20-8-10-21(11-9-20)29(16-17(2)3)35(31,32)22-12-13-24(25(14-22)34(6,26)30)27-15-23-18(4)28-33-19(23)5/h8-14,17,26-27H,7,15-16H2,1-6H3. The fourth-order valence-electron chi connectivity index (χ4n) is 3.77. The molecule has 0 bridgehead atoms. The van der Waals surface area contributed by atoms with E-state index in [1.165, 1.54) is 22.7 Å². The molecule has 0 saturated carbocycles. The third-order valence-corrected chi connectivity index (χ3v) is 8.73. The zero-order chi connectivity index (χ0) is 26.0. The normalized spacial score (nSPS) is 13.6. The van der Waals surface area contributed by atoms with E-state index in [1.54, 1.807) is 13.0 Å². The average Bonchev–Trinajstić information content (AvgIpc) is 3.12. The van der Waals surface area contributed by atoms with Crippen LogP contribution in [-0.2, 0) is 32.7 Å². The largest absolute Gasteiger partial charge is 0.380 e. The van der Waals surface area contributed by atoms with Gasteiger partial charge < -0.3 is 9.84 Å². The summed E-state index contributed by atoms with van der Waals surface area (Å²) >= 11 is 0. The van der Waals surface area contributed by atoms with E-state index in [-0.39, 0.29) is 22.3 Å². The molecule has 1 aromatic heterocycles. The first kappa shape index (κ1) is 26.7. The van der Waals surface area contributed by atoms with E-state index in [0.29, 0.717) is 23.7 Å². The number of hydrogen-bond donors (Lipinski definition) is 2. The fourth-order valence-corrected chi connectivity index (χ4v) is 6.41. The van der Waals surface area contributed by atoms with Gasteiger partial charge in [-0.15, -0.1) is 0 Å². The Labute approximate surface area is 208 Å². The summed E-state index contributed by atoms with van der Waals surface area (Å²) < 4.78 is 55.2. The minimum Gasteiger partial charge on any atom is -0.380 e. The summed E-state index contributed by atoms with van der Waals surface area (Å²) in [4.78, 5) is 0.133. The number of nitrogens with zero attached hydrogens (tertiary/aromatic N) is 2. The molecule has 0 fully saturated rings. The van der Waals surface area contributed by atoms with E-state index in [9.17, 15) is 12.6 Å². The molecule has 0 radical (unpaired) electrons. The van der Waals surface area contributed by atoms with Crippen LogP contribution in [0, 0.1) is 24.5 Å². The number of hydrogen-bond acceptors (Lipinski definition) is 7. The van der Waals surface area contributed by atoms with Crippen LogP contribution < -0.4 is 9.62 Å². The highest BCUT2D eigenvalue weighted by molar-refractivity contribution is 7.93. The Bertz CT molecular complexity index is 1370. The lowest BCUT2D eigenvalue weighted by Gasteiger charge is -2.27. The maximum absolute atomic E-state index is 13.8. The molecule has 0 amide bonds. The summed E-state index contributed by atoms with van der Waals surface area (Å²) in [6, 6.07) is 11.9. The molecule has 3 aromatic rings. The van der Waals surface area contributed by atoms with Crippen molar-refractivity contribution in [1.82, 2.24) is 5.16 Å². The summed E-state index contributed by atoms with van der Waals surface area (Å²) in [5, 5.41) is 7.12. The van der Waals surface area contributed by atoms with Crippen molar-refractivity contribution in [2.24, 2.45) is 5.92 Å². The van der Waals surface area contributed by atoms with Gasteiger partial charge in [-0.05, 0) is 62.1 Å². The minimum absolute atomic E-state index is 0.00238. The maximum Gasteiger partial charge on any atom is 0.264 e. The van der Waals surface area contributed by atoms with Gasteiger partial charge in [-0.25, -0.2) is 17.4 Å². The number of aryl methyl sites for hydroxylation is 3. The first-order valence-electron chi connectivity index (χ1n) is 11.5. The molecule has 8 nitrogen and oxygen atoms in total. The van der Waals surface area contributed by atoms with Crippen molar-refractivity contribution >= 4 is 31.1 Å².